The van der Waals surface area contributed by atoms with Crippen molar-refractivity contribution >= 4 is 0 Å². The lowest BCUT2D eigenvalue weighted by atomic mass is 10.1. The largest absolute Gasteiger partial charge is 0.488 e. The molecule has 2 aliphatic rings. The quantitative estimate of drug-likeness (QED) is 0.816. The maximum atomic E-state index is 13.3. The molecule has 4 heteroatoms. The van der Waals surface area contributed by atoms with E-state index < -0.39 is 0 Å². The Labute approximate surface area is 126 Å². The van der Waals surface area contributed by atoms with Crippen LogP contribution in [-0.4, -0.2) is 43.2 Å². The van der Waals surface area contributed by atoms with Gasteiger partial charge in [0.2, 0.25) is 0 Å². The molecule has 2 atom stereocenters. The van der Waals surface area contributed by atoms with E-state index in [2.05, 4.69) is 17.1 Å². The van der Waals surface area contributed by atoms with Gasteiger partial charge in [-0.05, 0) is 50.6 Å². The SMILES string of the molecule is CCCNCC1CCCN1CC1Cc2cc(F)ccc2O1. The Morgan fingerprint density at radius 1 is 1.43 bits per heavy atom. The molecule has 1 N–H and O–H groups in total. The van der Waals surface area contributed by atoms with Crippen molar-refractivity contribution in [2.24, 2.45) is 0 Å². The summed E-state index contributed by atoms with van der Waals surface area (Å²) < 4.78 is 19.2. The van der Waals surface area contributed by atoms with Crippen LogP contribution in [0.5, 0.6) is 5.75 Å². The van der Waals surface area contributed by atoms with Crippen molar-refractivity contribution in [2.75, 3.05) is 26.2 Å². The van der Waals surface area contributed by atoms with Crippen LogP contribution in [0.15, 0.2) is 18.2 Å². The van der Waals surface area contributed by atoms with Gasteiger partial charge in [-0.3, -0.25) is 4.90 Å². The minimum atomic E-state index is -0.166. The fourth-order valence-corrected chi connectivity index (χ4v) is 3.46. The molecular formula is C17H25FN2O. The molecule has 21 heavy (non-hydrogen) atoms. The zero-order valence-corrected chi connectivity index (χ0v) is 12.8. The molecule has 0 aromatic heterocycles. The number of benzene rings is 1. The van der Waals surface area contributed by atoms with Gasteiger partial charge in [0.25, 0.3) is 0 Å². The molecule has 0 amide bonds. The molecule has 1 aromatic rings. The third-order valence-electron chi connectivity index (χ3n) is 4.51. The maximum absolute atomic E-state index is 13.3. The number of hydrogen-bond acceptors (Lipinski definition) is 3. The molecule has 2 heterocycles. The van der Waals surface area contributed by atoms with Crippen molar-refractivity contribution < 1.29 is 9.13 Å². The van der Waals surface area contributed by atoms with Gasteiger partial charge in [0.15, 0.2) is 0 Å². The lowest BCUT2D eigenvalue weighted by molar-refractivity contribution is 0.140. The topological polar surface area (TPSA) is 24.5 Å². The molecule has 0 bridgehead atoms. The van der Waals surface area contributed by atoms with Crippen molar-refractivity contribution in [3.05, 3.63) is 29.6 Å². The molecule has 116 valence electrons. The van der Waals surface area contributed by atoms with Gasteiger partial charge in [0.05, 0.1) is 0 Å². The normalized spacial score (nSPS) is 25.0. The van der Waals surface area contributed by atoms with Crippen LogP contribution in [0.25, 0.3) is 0 Å². The molecule has 1 saturated heterocycles. The second-order valence-electron chi connectivity index (χ2n) is 6.19. The van der Waals surface area contributed by atoms with E-state index in [-0.39, 0.29) is 11.9 Å². The fraction of sp³-hybridized carbons (Fsp3) is 0.647. The van der Waals surface area contributed by atoms with E-state index in [0.29, 0.717) is 6.04 Å². The molecule has 0 radical (unpaired) electrons. The van der Waals surface area contributed by atoms with E-state index in [1.54, 1.807) is 12.1 Å². The van der Waals surface area contributed by atoms with Crippen molar-refractivity contribution in [2.45, 2.75) is 44.8 Å². The molecular weight excluding hydrogens is 267 g/mol. The summed E-state index contributed by atoms with van der Waals surface area (Å²) in [6.45, 7) is 6.47. The van der Waals surface area contributed by atoms with E-state index in [1.165, 1.54) is 25.3 Å². The predicted molar refractivity (Wildman–Crippen MR) is 82.3 cm³/mol. The Bertz CT molecular complexity index is 480. The summed E-state index contributed by atoms with van der Waals surface area (Å²) in [5, 5.41) is 3.52. The van der Waals surface area contributed by atoms with E-state index in [9.17, 15) is 4.39 Å². The Hall–Kier alpha value is -1.13. The molecule has 3 rings (SSSR count). The molecule has 0 spiro atoms. The molecule has 0 aliphatic carbocycles. The lowest BCUT2D eigenvalue weighted by Gasteiger charge is -2.27. The highest BCUT2D eigenvalue weighted by atomic mass is 19.1. The third kappa shape index (κ3) is 3.55. The monoisotopic (exact) mass is 292 g/mol. The summed E-state index contributed by atoms with van der Waals surface area (Å²) >= 11 is 0. The van der Waals surface area contributed by atoms with Crippen molar-refractivity contribution in [3.63, 3.8) is 0 Å². The summed E-state index contributed by atoms with van der Waals surface area (Å²) in [6.07, 6.45) is 4.73. The van der Waals surface area contributed by atoms with Crippen LogP contribution in [0.4, 0.5) is 4.39 Å². The Kier molecular flexibility index (Phi) is 4.76. The van der Waals surface area contributed by atoms with Gasteiger partial charge in [0, 0.05) is 31.1 Å². The van der Waals surface area contributed by atoms with E-state index in [4.69, 9.17) is 4.74 Å². The smallest absolute Gasteiger partial charge is 0.123 e. The summed E-state index contributed by atoms with van der Waals surface area (Å²) in [6, 6.07) is 5.48. The highest BCUT2D eigenvalue weighted by Gasteiger charge is 2.30. The number of likely N-dealkylation sites (tertiary alicyclic amines) is 1. The Balaban J connectivity index is 1.53. The Morgan fingerprint density at radius 3 is 3.19 bits per heavy atom. The van der Waals surface area contributed by atoms with Gasteiger partial charge in [-0.1, -0.05) is 6.92 Å². The molecule has 2 aliphatic heterocycles. The molecule has 3 nitrogen and oxygen atoms in total. The van der Waals surface area contributed by atoms with E-state index in [1.807, 2.05) is 0 Å². The van der Waals surface area contributed by atoms with E-state index >= 15 is 0 Å². The van der Waals surface area contributed by atoms with Gasteiger partial charge in [-0.25, -0.2) is 4.39 Å². The van der Waals surface area contributed by atoms with Crippen LogP contribution in [0, 0.1) is 5.82 Å². The number of ether oxygens (including phenoxy) is 1. The van der Waals surface area contributed by atoms with Crippen LogP contribution in [0.1, 0.15) is 31.7 Å². The second kappa shape index (κ2) is 6.75. The number of fused-ring (bicyclic) bond motifs is 1. The number of halogens is 1. The molecule has 2 unspecified atom stereocenters. The fourth-order valence-electron chi connectivity index (χ4n) is 3.46. The molecule has 1 fully saturated rings. The Morgan fingerprint density at radius 2 is 2.33 bits per heavy atom. The standard InChI is InChI=1S/C17H25FN2O/c1-2-7-19-11-15-4-3-8-20(15)12-16-10-13-9-14(18)5-6-17(13)21-16/h5-6,9,15-16,19H,2-4,7-8,10-12H2,1H3. The molecule has 1 aromatic carbocycles. The first-order valence-corrected chi connectivity index (χ1v) is 8.16. The van der Waals surface area contributed by atoms with Crippen LogP contribution in [0.3, 0.4) is 0 Å². The minimum absolute atomic E-state index is 0.166. The zero-order valence-electron chi connectivity index (χ0n) is 12.8. The number of nitrogens with one attached hydrogen (secondary N) is 1. The van der Waals surface area contributed by atoms with Gasteiger partial charge in [-0.15, -0.1) is 0 Å². The zero-order chi connectivity index (χ0) is 14.7. The van der Waals surface area contributed by atoms with Gasteiger partial charge in [0.1, 0.15) is 17.7 Å². The third-order valence-corrected chi connectivity index (χ3v) is 4.51. The number of rotatable bonds is 6. The maximum Gasteiger partial charge on any atom is 0.123 e. The van der Waals surface area contributed by atoms with Crippen LogP contribution in [-0.2, 0) is 6.42 Å². The molecule has 0 saturated carbocycles. The number of nitrogens with zero attached hydrogens (tertiary/aromatic N) is 1. The van der Waals surface area contributed by atoms with Gasteiger partial charge >= 0.3 is 0 Å². The predicted octanol–water partition coefficient (Wildman–Crippen LogP) is 2.59. The second-order valence-corrected chi connectivity index (χ2v) is 6.19. The van der Waals surface area contributed by atoms with Crippen molar-refractivity contribution in [1.29, 1.82) is 0 Å². The minimum Gasteiger partial charge on any atom is -0.488 e. The summed E-state index contributed by atoms with van der Waals surface area (Å²) in [5.41, 5.74) is 1.01. The van der Waals surface area contributed by atoms with Crippen LogP contribution >= 0.6 is 0 Å². The van der Waals surface area contributed by atoms with Crippen molar-refractivity contribution in [3.8, 4) is 5.75 Å². The average Bonchev–Trinajstić information content (AvgIpc) is 3.06. The summed E-state index contributed by atoms with van der Waals surface area (Å²) in [4.78, 5) is 2.54. The summed E-state index contributed by atoms with van der Waals surface area (Å²) in [5.74, 6) is 0.696. The van der Waals surface area contributed by atoms with Crippen LogP contribution < -0.4 is 10.1 Å². The number of hydrogen-bond donors (Lipinski definition) is 1. The first-order chi connectivity index (χ1) is 10.3. The first kappa shape index (κ1) is 14.8. The van der Waals surface area contributed by atoms with Crippen molar-refractivity contribution in [1.82, 2.24) is 10.2 Å². The first-order valence-electron chi connectivity index (χ1n) is 8.16. The highest BCUT2D eigenvalue weighted by molar-refractivity contribution is 5.37. The summed E-state index contributed by atoms with van der Waals surface area (Å²) in [7, 11) is 0. The van der Waals surface area contributed by atoms with E-state index in [0.717, 1.165) is 43.9 Å². The average molecular weight is 292 g/mol. The lowest BCUT2D eigenvalue weighted by Crippen LogP contribution is -2.43. The van der Waals surface area contributed by atoms with Crippen LogP contribution in [0.2, 0.25) is 0 Å². The van der Waals surface area contributed by atoms with Gasteiger partial charge < -0.3 is 10.1 Å². The van der Waals surface area contributed by atoms with Gasteiger partial charge in [-0.2, -0.15) is 0 Å². The highest BCUT2D eigenvalue weighted by Crippen LogP contribution is 2.30.